The average molecular weight is 266 g/mol. The Kier molecular flexibility index (Phi) is 5.26. The van der Waals surface area contributed by atoms with E-state index in [9.17, 15) is 4.79 Å². The monoisotopic (exact) mass is 266 g/mol. The minimum absolute atomic E-state index is 0.113. The summed E-state index contributed by atoms with van der Waals surface area (Å²) < 4.78 is 0. The lowest BCUT2D eigenvalue weighted by Crippen LogP contribution is -2.47. The second-order valence-corrected chi connectivity index (χ2v) is 6.30. The van der Waals surface area contributed by atoms with Crippen molar-refractivity contribution in [1.29, 1.82) is 0 Å². The van der Waals surface area contributed by atoms with E-state index in [0.717, 1.165) is 25.6 Å². The molecule has 1 amide bonds. The fourth-order valence-corrected chi connectivity index (χ4v) is 3.89. The number of carbonyl (C=O) groups excluding carboxylic acids is 1. The molecule has 0 aromatic heterocycles. The van der Waals surface area contributed by atoms with E-state index in [1.807, 2.05) is 0 Å². The third-order valence-electron chi connectivity index (χ3n) is 5.34. The van der Waals surface area contributed by atoms with E-state index in [2.05, 4.69) is 31.0 Å². The molecular weight excluding hydrogens is 236 g/mol. The lowest BCUT2D eigenvalue weighted by Gasteiger charge is -2.30. The number of likely N-dealkylation sites (N-methyl/N-ethyl adjacent to an activating group) is 1. The van der Waals surface area contributed by atoms with E-state index >= 15 is 0 Å². The Bertz CT molecular complexity index is 301. The molecule has 110 valence electrons. The van der Waals surface area contributed by atoms with Crippen molar-refractivity contribution in [3.8, 4) is 0 Å². The van der Waals surface area contributed by atoms with Gasteiger partial charge in [0.1, 0.15) is 0 Å². The van der Waals surface area contributed by atoms with Crippen LogP contribution in [0, 0.1) is 17.8 Å². The molecule has 2 aliphatic rings. The van der Waals surface area contributed by atoms with Crippen molar-refractivity contribution in [3.05, 3.63) is 0 Å². The van der Waals surface area contributed by atoms with Gasteiger partial charge in [0.05, 0.1) is 6.04 Å². The zero-order valence-electron chi connectivity index (χ0n) is 12.8. The number of rotatable bonds is 6. The van der Waals surface area contributed by atoms with Crippen molar-refractivity contribution in [2.45, 2.75) is 58.9 Å². The Labute approximate surface area is 118 Å². The van der Waals surface area contributed by atoms with Crippen LogP contribution in [0.3, 0.4) is 0 Å². The van der Waals surface area contributed by atoms with Crippen LogP contribution in [0.15, 0.2) is 0 Å². The number of nitrogens with zero attached hydrogens (tertiary/aromatic N) is 1. The van der Waals surface area contributed by atoms with E-state index in [4.69, 9.17) is 0 Å². The number of hydrogen-bond acceptors (Lipinski definition) is 2. The zero-order chi connectivity index (χ0) is 13.8. The van der Waals surface area contributed by atoms with Crippen LogP contribution in [-0.4, -0.2) is 36.5 Å². The highest BCUT2D eigenvalue weighted by Crippen LogP contribution is 2.38. The highest BCUT2D eigenvalue weighted by Gasteiger charge is 2.43. The molecule has 3 unspecified atom stereocenters. The van der Waals surface area contributed by atoms with E-state index in [-0.39, 0.29) is 6.04 Å². The van der Waals surface area contributed by atoms with Crippen molar-refractivity contribution < 1.29 is 4.79 Å². The molecule has 0 aromatic rings. The van der Waals surface area contributed by atoms with Gasteiger partial charge in [-0.2, -0.15) is 0 Å². The smallest absolute Gasteiger partial charge is 0.240 e. The van der Waals surface area contributed by atoms with E-state index < -0.39 is 0 Å². The molecule has 0 spiro atoms. The first-order valence-corrected chi connectivity index (χ1v) is 8.23. The van der Waals surface area contributed by atoms with Crippen LogP contribution in [0.4, 0.5) is 0 Å². The van der Waals surface area contributed by atoms with Crippen molar-refractivity contribution in [2.75, 3.05) is 19.6 Å². The average Bonchev–Trinajstić information content (AvgIpc) is 3.02. The second kappa shape index (κ2) is 6.74. The summed E-state index contributed by atoms with van der Waals surface area (Å²) in [5, 5.41) is 3.49. The molecule has 1 heterocycles. The highest BCUT2D eigenvalue weighted by molar-refractivity contribution is 5.82. The molecule has 2 fully saturated rings. The van der Waals surface area contributed by atoms with E-state index in [0.29, 0.717) is 17.7 Å². The second-order valence-electron chi connectivity index (χ2n) is 6.30. The van der Waals surface area contributed by atoms with Gasteiger partial charge in [-0.05, 0) is 44.1 Å². The van der Waals surface area contributed by atoms with E-state index in [1.54, 1.807) is 0 Å². The van der Waals surface area contributed by atoms with Gasteiger partial charge in [-0.1, -0.05) is 33.1 Å². The van der Waals surface area contributed by atoms with Crippen LogP contribution in [-0.2, 0) is 4.79 Å². The molecule has 1 aliphatic carbocycles. The predicted octanol–water partition coefficient (Wildman–Crippen LogP) is 2.66. The summed E-state index contributed by atoms with van der Waals surface area (Å²) in [5.74, 6) is 2.40. The molecule has 0 bridgehead atoms. The SMILES string of the molecule is CCC(CC)CN(CC)C(=O)C1NCC2CCCC21. The summed E-state index contributed by atoms with van der Waals surface area (Å²) in [6, 6.07) is 0.113. The maximum atomic E-state index is 12.7. The van der Waals surface area contributed by atoms with Gasteiger partial charge >= 0.3 is 0 Å². The minimum atomic E-state index is 0.113. The number of amides is 1. The zero-order valence-corrected chi connectivity index (χ0v) is 12.8. The van der Waals surface area contributed by atoms with Gasteiger partial charge in [-0.15, -0.1) is 0 Å². The van der Waals surface area contributed by atoms with Gasteiger partial charge in [0.2, 0.25) is 5.91 Å². The van der Waals surface area contributed by atoms with Gasteiger partial charge in [-0.25, -0.2) is 0 Å². The third-order valence-corrected chi connectivity index (χ3v) is 5.34. The minimum Gasteiger partial charge on any atom is -0.341 e. The summed E-state index contributed by atoms with van der Waals surface area (Å²) >= 11 is 0. The molecule has 3 atom stereocenters. The van der Waals surface area contributed by atoms with Crippen molar-refractivity contribution in [3.63, 3.8) is 0 Å². The number of hydrogen-bond donors (Lipinski definition) is 1. The van der Waals surface area contributed by atoms with Crippen molar-refractivity contribution in [2.24, 2.45) is 17.8 Å². The molecule has 19 heavy (non-hydrogen) atoms. The Balaban J connectivity index is 1.96. The van der Waals surface area contributed by atoms with Crippen LogP contribution < -0.4 is 5.32 Å². The molecule has 0 aromatic carbocycles. The summed E-state index contributed by atoms with van der Waals surface area (Å²) in [6.45, 7) is 9.42. The van der Waals surface area contributed by atoms with Gasteiger partial charge in [0, 0.05) is 13.1 Å². The highest BCUT2D eigenvalue weighted by atomic mass is 16.2. The Morgan fingerprint density at radius 2 is 2.00 bits per heavy atom. The Morgan fingerprint density at radius 1 is 1.26 bits per heavy atom. The van der Waals surface area contributed by atoms with Crippen LogP contribution in [0.25, 0.3) is 0 Å². The molecule has 2 rings (SSSR count). The molecule has 3 heteroatoms. The predicted molar refractivity (Wildman–Crippen MR) is 78.9 cm³/mol. The van der Waals surface area contributed by atoms with Crippen LogP contribution in [0.1, 0.15) is 52.9 Å². The number of fused-ring (bicyclic) bond motifs is 1. The first-order valence-electron chi connectivity index (χ1n) is 8.23. The van der Waals surface area contributed by atoms with Crippen molar-refractivity contribution >= 4 is 5.91 Å². The Morgan fingerprint density at radius 3 is 2.63 bits per heavy atom. The maximum Gasteiger partial charge on any atom is 0.240 e. The largest absolute Gasteiger partial charge is 0.341 e. The fraction of sp³-hybridized carbons (Fsp3) is 0.938. The summed E-state index contributed by atoms with van der Waals surface area (Å²) in [5.41, 5.74) is 0. The van der Waals surface area contributed by atoms with Gasteiger partial charge in [-0.3, -0.25) is 4.79 Å². The van der Waals surface area contributed by atoms with Crippen molar-refractivity contribution in [1.82, 2.24) is 10.2 Å². The Hall–Kier alpha value is -0.570. The summed E-state index contributed by atoms with van der Waals surface area (Å²) in [6.07, 6.45) is 6.23. The van der Waals surface area contributed by atoms with E-state index in [1.165, 1.54) is 32.1 Å². The lowest BCUT2D eigenvalue weighted by molar-refractivity contribution is -0.134. The molecule has 1 N–H and O–H groups in total. The summed E-state index contributed by atoms with van der Waals surface area (Å²) in [4.78, 5) is 14.8. The molecule has 0 radical (unpaired) electrons. The van der Waals surface area contributed by atoms with Crippen LogP contribution in [0.2, 0.25) is 0 Å². The fourth-order valence-electron chi connectivity index (χ4n) is 3.89. The van der Waals surface area contributed by atoms with Gasteiger partial charge in [0.15, 0.2) is 0 Å². The first kappa shape index (κ1) is 14.8. The quantitative estimate of drug-likeness (QED) is 0.801. The molecule has 1 saturated heterocycles. The third kappa shape index (κ3) is 3.13. The topological polar surface area (TPSA) is 32.3 Å². The number of nitrogens with one attached hydrogen (secondary N) is 1. The standard InChI is InChI=1S/C16H30N2O/c1-4-12(5-2)11-18(6-3)16(19)15-14-9-7-8-13(14)10-17-15/h12-15,17H,4-11H2,1-3H3. The number of carbonyl (C=O) groups is 1. The molecule has 3 nitrogen and oxygen atoms in total. The lowest BCUT2D eigenvalue weighted by atomic mass is 9.93. The molecule has 1 aliphatic heterocycles. The summed E-state index contributed by atoms with van der Waals surface area (Å²) in [7, 11) is 0. The van der Waals surface area contributed by atoms with Crippen LogP contribution in [0.5, 0.6) is 0 Å². The van der Waals surface area contributed by atoms with Gasteiger partial charge in [0.25, 0.3) is 0 Å². The molecular formula is C16H30N2O. The first-order chi connectivity index (χ1) is 9.21. The normalized spacial score (nSPS) is 29.8. The maximum absolute atomic E-state index is 12.7. The van der Waals surface area contributed by atoms with Crippen LogP contribution >= 0.6 is 0 Å². The molecule has 1 saturated carbocycles. The van der Waals surface area contributed by atoms with Gasteiger partial charge < -0.3 is 10.2 Å².